The number of rotatable bonds is 6. The number of imidazole rings is 1. The number of aryl methyl sites for hydroxylation is 1. The van der Waals surface area contributed by atoms with Crippen molar-refractivity contribution in [3.8, 4) is 0 Å². The SMILES string of the molecule is CNc1cc([C@H]2CCCN2C(=O)CCn2ccnc2C(C)C)ccn1. The first-order valence-corrected chi connectivity index (χ1v) is 9.04. The molecule has 0 saturated carbocycles. The van der Waals surface area contributed by atoms with Crippen molar-refractivity contribution in [1.82, 2.24) is 19.4 Å². The standard InChI is InChI=1S/C19H27N5O/c1-14(2)19-22-9-12-23(19)11-7-18(25)24-10-4-5-16(24)15-6-8-21-17(13-15)20-3/h6,8-9,12-14,16H,4-5,7,10-11H2,1-3H3,(H,20,21)/t16-/m1/s1. The monoisotopic (exact) mass is 341 g/mol. The normalized spacial score (nSPS) is 17.3. The number of hydrogen-bond donors (Lipinski definition) is 1. The molecule has 1 aliphatic rings. The average molecular weight is 341 g/mol. The Kier molecular flexibility index (Phi) is 5.36. The molecule has 2 aromatic rings. The summed E-state index contributed by atoms with van der Waals surface area (Å²) in [6.45, 7) is 5.77. The summed E-state index contributed by atoms with van der Waals surface area (Å²) in [6, 6.07) is 4.22. The van der Waals surface area contributed by atoms with Crippen LogP contribution in [0.1, 0.15) is 56.5 Å². The van der Waals surface area contributed by atoms with Gasteiger partial charge in [-0.15, -0.1) is 0 Å². The molecule has 3 rings (SSSR count). The van der Waals surface area contributed by atoms with Gasteiger partial charge in [-0.3, -0.25) is 4.79 Å². The van der Waals surface area contributed by atoms with E-state index in [-0.39, 0.29) is 11.9 Å². The molecule has 1 fully saturated rings. The van der Waals surface area contributed by atoms with Gasteiger partial charge in [-0.1, -0.05) is 13.8 Å². The lowest BCUT2D eigenvalue weighted by Crippen LogP contribution is -2.31. The largest absolute Gasteiger partial charge is 0.373 e. The highest BCUT2D eigenvalue weighted by molar-refractivity contribution is 5.77. The molecule has 1 atom stereocenters. The van der Waals surface area contributed by atoms with E-state index in [2.05, 4.69) is 33.7 Å². The van der Waals surface area contributed by atoms with Gasteiger partial charge in [0.2, 0.25) is 5.91 Å². The number of likely N-dealkylation sites (tertiary alicyclic amines) is 1. The number of carbonyl (C=O) groups excluding carboxylic acids is 1. The molecule has 1 aliphatic heterocycles. The molecule has 2 aromatic heterocycles. The van der Waals surface area contributed by atoms with Crippen LogP contribution in [0.15, 0.2) is 30.7 Å². The Morgan fingerprint density at radius 3 is 2.96 bits per heavy atom. The number of nitrogens with zero attached hydrogens (tertiary/aromatic N) is 4. The summed E-state index contributed by atoms with van der Waals surface area (Å²) >= 11 is 0. The quantitative estimate of drug-likeness (QED) is 0.876. The Labute approximate surface area is 149 Å². The minimum absolute atomic E-state index is 0.162. The predicted molar refractivity (Wildman–Crippen MR) is 98.4 cm³/mol. The zero-order valence-electron chi connectivity index (χ0n) is 15.3. The molecule has 1 saturated heterocycles. The summed E-state index contributed by atoms with van der Waals surface area (Å²) in [7, 11) is 1.86. The van der Waals surface area contributed by atoms with E-state index in [1.54, 1.807) is 0 Å². The highest BCUT2D eigenvalue weighted by Crippen LogP contribution is 2.33. The molecule has 6 heteroatoms. The lowest BCUT2D eigenvalue weighted by Gasteiger charge is -2.25. The number of anilines is 1. The molecular weight excluding hydrogens is 314 g/mol. The van der Waals surface area contributed by atoms with Crippen LogP contribution in [0.2, 0.25) is 0 Å². The maximum Gasteiger partial charge on any atom is 0.224 e. The second-order valence-corrected chi connectivity index (χ2v) is 6.85. The topological polar surface area (TPSA) is 63.1 Å². The summed E-state index contributed by atoms with van der Waals surface area (Å²) in [4.78, 5) is 23.5. The van der Waals surface area contributed by atoms with E-state index in [9.17, 15) is 4.79 Å². The lowest BCUT2D eigenvalue weighted by molar-refractivity contribution is -0.132. The number of hydrogen-bond acceptors (Lipinski definition) is 4. The summed E-state index contributed by atoms with van der Waals surface area (Å²) in [5, 5.41) is 3.07. The minimum atomic E-state index is 0.162. The van der Waals surface area contributed by atoms with Crippen molar-refractivity contribution in [2.45, 2.75) is 51.6 Å². The first-order chi connectivity index (χ1) is 12.1. The molecule has 3 heterocycles. The zero-order valence-corrected chi connectivity index (χ0v) is 15.3. The van der Waals surface area contributed by atoms with Crippen molar-refractivity contribution in [3.63, 3.8) is 0 Å². The van der Waals surface area contributed by atoms with Crippen LogP contribution in [0.25, 0.3) is 0 Å². The average Bonchev–Trinajstić information content (AvgIpc) is 3.28. The van der Waals surface area contributed by atoms with E-state index in [0.29, 0.717) is 18.9 Å². The highest BCUT2D eigenvalue weighted by Gasteiger charge is 2.29. The molecule has 0 aromatic carbocycles. The van der Waals surface area contributed by atoms with E-state index in [4.69, 9.17) is 0 Å². The van der Waals surface area contributed by atoms with Crippen LogP contribution in [0.4, 0.5) is 5.82 Å². The number of pyridine rings is 1. The van der Waals surface area contributed by atoms with Crippen molar-refractivity contribution in [2.24, 2.45) is 0 Å². The van der Waals surface area contributed by atoms with Crippen LogP contribution in [0, 0.1) is 0 Å². The molecular formula is C19H27N5O. The number of aromatic nitrogens is 3. The number of nitrogens with one attached hydrogen (secondary N) is 1. The molecule has 0 spiro atoms. The Bertz CT molecular complexity index is 724. The minimum Gasteiger partial charge on any atom is -0.373 e. The van der Waals surface area contributed by atoms with Gasteiger partial charge >= 0.3 is 0 Å². The maximum atomic E-state index is 12.8. The third-order valence-electron chi connectivity index (χ3n) is 4.83. The van der Waals surface area contributed by atoms with Crippen molar-refractivity contribution in [3.05, 3.63) is 42.1 Å². The van der Waals surface area contributed by atoms with Crippen LogP contribution in [0.5, 0.6) is 0 Å². The van der Waals surface area contributed by atoms with Gasteiger partial charge in [0, 0.05) is 51.1 Å². The first kappa shape index (κ1) is 17.5. The summed E-state index contributed by atoms with van der Waals surface area (Å²) in [5.74, 6) is 2.46. The van der Waals surface area contributed by atoms with Crippen LogP contribution in [-0.4, -0.2) is 38.9 Å². The summed E-state index contributed by atoms with van der Waals surface area (Å²) < 4.78 is 2.10. The van der Waals surface area contributed by atoms with Crippen LogP contribution < -0.4 is 5.32 Å². The van der Waals surface area contributed by atoms with E-state index in [0.717, 1.165) is 36.6 Å². The van der Waals surface area contributed by atoms with E-state index in [1.165, 1.54) is 0 Å². The van der Waals surface area contributed by atoms with Gasteiger partial charge in [-0.25, -0.2) is 9.97 Å². The van der Waals surface area contributed by atoms with Crippen molar-refractivity contribution < 1.29 is 4.79 Å². The Balaban J connectivity index is 1.67. The second kappa shape index (κ2) is 7.68. The lowest BCUT2D eigenvalue weighted by atomic mass is 10.1. The van der Waals surface area contributed by atoms with Gasteiger partial charge in [0.25, 0.3) is 0 Å². The van der Waals surface area contributed by atoms with Crippen LogP contribution >= 0.6 is 0 Å². The molecule has 1 amide bonds. The predicted octanol–water partition coefficient (Wildman–Crippen LogP) is 3.20. The molecule has 25 heavy (non-hydrogen) atoms. The zero-order chi connectivity index (χ0) is 17.8. The first-order valence-electron chi connectivity index (χ1n) is 9.04. The van der Waals surface area contributed by atoms with Crippen LogP contribution in [0.3, 0.4) is 0 Å². The van der Waals surface area contributed by atoms with Gasteiger partial charge in [0.15, 0.2) is 0 Å². The third-order valence-corrected chi connectivity index (χ3v) is 4.83. The van der Waals surface area contributed by atoms with Crippen molar-refractivity contribution >= 4 is 11.7 Å². The Morgan fingerprint density at radius 1 is 1.36 bits per heavy atom. The summed E-state index contributed by atoms with van der Waals surface area (Å²) in [6.07, 6.45) is 8.16. The van der Waals surface area contributed by atoms with Gasteiger partial charge in [-0.2, -0.15) is 0 Å². The van der Waals surface area contributed by atoms with E-state index < -0.39 is 0 Å². The Hall–Kier alpha value is -2.37. The Morgan fingerprint density at radius 2 is 2.20 bits per heavy atom. The fourth-order valence-corrected chi connectivity index (χ4v) is 3.57. The van der Waals surface area contributed by atoms with E-state index in [1.807, 2.05) is 42.7 Å². The summed E-state index contributed by atoms with van der Waals surface area (Å²) in [5.41, 5.74) is 1.16. The third kappa shape index (κ3) is 3.83. The number of amides is 1. The van der Waals surface area contributed by atoms with Crippen molar-refractivity contribution in [2.75, 3.05) is 18.9 Å². The van der Waals surface area contributed by atoms with E-state index >= 15 is 0 Å². The second-order valence-electron chi connectivity index (χ2n) is 6.85. The molecule has 6 nitrogen and oxygen atoms in total. The molecule has 1 N–H and O–H groups in total. The molecule has 0 aliphatic carbocycles. The number of carbonyl (C=O) groups is 1. The van der Waals surface area contributed by atoms with Gasteiger partial charge in [-0.05, 0) is 30.5 Å². The van der Waals surface area contributed by atoms with Crippen LogP contribution in [-0.2, 0) is 11.3 Å². The highest BCUT2D eigenvalue weighted by atomic mass is 16.2. The molecule has 0 unspecified atom stereocenters. The van der Waals surface area contributed by atoms with Crippen molar-refractivity contribution in [1.29, 1.82) is 0 Å². The molecule has 0 radical (unpaired) electrons. The van der Waals surface area contributed by atoms with Gasteiger partial charge in [0.1, 0.15) is 11.6 Å². The van der Waals surface area contributed by atoms with Gasteiger partial charge in [0.05, 0.1) is 6.04 Å². The van der Waals surface area contributed by atoms with Gasteiger partial charge < -0.3 is 14.8 Å². The smallest absolute Gasteiger partial charge is 0.224 e. The fourth-order valence-electron chi connectivity index (χ4n) is 3.57. The maximum absolute atomic E-state index is 12.8. The molecule has 134 valence electrons. The fraction of sp³-hybridized carbons (Fsp3) is 0.526. The molecule has 0 bridgehead atoms.